The number of para-hydroxylation sites is 1. The van der Waals surface area contributed by atoms with Crippen molar-refractivity contribution in [3.63, 3.8) is 0 Å². The van der Waals surface area contributed by atoms with Crippen LogP contribution in [0.1, 0.15) is 53.3 Å². The van der Waals surface area contributed by atoms with Gasteiger partial charge in [-0.25, -0.2) is 8.42 Å². The Kier molecular flexibility index (Phi) is 7.87. The average molecular weight is 460 g/mol. The predicted molar refractivity (Wildman–Crippen MR) is 123 cm³/mol. The molecule has 2 amide bonds. The van der Waals surface area contributed by atoms with E-state index in [1.807, 2.05) is 6.92 Å². The first kappa shape index (κ1) is 23.7. The zero-order valence-electron chi connectivity index (χ0n) is 18.4. The van der Waals surface area contributed by atoms with Crippen LogP contribution in [0.15, 0.2) is 47.4 Å². The van der Waals surface area contributed by atoms with Gasteiger partial charge in [-0.05, 0) is 49.6 Å². The molecule has 0 bridgehead atoms. The van der Waals surface area contributed by atoms with Gasteiger partial charge in [-0.3, -0.25) is 9.59 Å². The molecule has 2 N–H and O–H groups in total. The quantitative estimate of drug-likeness (QED) is 0.560. The van der Waals surface area contributed by atoms with E-state index in [4.69, 9.17) is 4.74 Å². The Balaban J connectivity index is 1.87. The van der Waals surface area contributed by atoms with Crippen molar-refractivity contribution >= 4 is 27.5 Å². The average Bonchev–Trinajstić information content (AvgIpc) is 3.35. The summed E-state index contributed by atoms with van der Waals surface area (Å²) < 4.78 is 32.6. The first-order valence-corrected chi connectivity index (χ1v) is 12.2. The second kappa shape index (κ2) is 10.6. The SMILES string of the molecule is CCCCNC(=O)c1ccccc1NC(=O)c1cc(S(=O)(=O)N2CCCC2)ccc1OC. The number of rotatable bonds is 9. The number of carbonyl (C=O) groups excluding carboxylic acids is 2. The number of ether oxygens (including phenoxy) is 1. The van der Waals surface area contributed by atoms with Crippen LogP contribution in [0.3, 0.4) is 0 Å². The highest BCUT2D eigenvalue weighted by atomic mass is 32.2. The summed E-state index contributed by atoms with van der Waals surface area (Å²) in [5, 5.41) is 5.57. The minimum Gasteiger partial charge on any atom is -0.496 e. The second-order valence-corrected chi connectivity index (χ2v) is 9.52. The second-order valence-electron chi connectivity index (χ2n) is 7.58. The van der Waals surface area contributed by atoms with Crippen LogP contribution in [0.4, 0.5) is 5.69 Å². The molecule has 1 aliphatic rings. The van der Waals surface area contributed by atoms with Crippen LogP contribution in [0, 0.1) is 0 Å². The summed E-state index contributed by atoms with van der Waals surface area (Å²) in [5.41, 5.74) is 0.743. The molecule has 172 valence electrons. The number of anilines is 1. The number of hydrogen-bond acceptors (Lipinski definition) is 5. The third kappa shape index (κ3) is 5.28. The van der Waals surface area contributed by atoms with E-state index in [1.165, 1.54) is 29.6 Å². The topological polar surface area (TPSA) is 105 Å². The fraction of sp³-hybridized carbons (Fsp3) is 0.391. The van der Waals surface area contributed by atoms with E-state index in [2.05, 4.69) is 10.6 Å². The third-order valence-corrected chi connectivity index (χ3v) is 7.25. The fourth-order valence-electron chi connectivity index (χ4n) is 3.56. The Labute approximate surface area is 189 Å². The van der Waals surface area contributed by atoms with Gasteiger partial charge >= 0.3 is 0 Å². The molecule has 0 unspecified atom stereocenters. The summed E-state index contributed by atoms with van der Waals surface area (Å²) in [5.74, 6) is -0.603. The third-order valence-electron chi connectivity index (χ3n) is 5.35. The van der Waals surface area contributed by atoms with Crippen molar-refractivity contribution < 1.29 is 22.7 Å². The van der Waals surface area contributed by atoms with Gasteiger partial charge in [0.05, 0.1) is 28.8 Å². The summed E-state index contributed by atoms with van der Waals surface area (Å²) in [7, 11) is -2.28. The minimum atomic E-state index is -3.69. The molecular weight excluding hydrogens is 430 g/mol. The predicted octanol–water partition coefficient (Wildman–Crippen LogP) is 3.26. The number of nitrogens with one attached hydrogen (secondary N) is 2. The lowest BCUT2D eigenvalue weighted by Crippen LogP contribution is -2.28. The lowest BCUT2D eigenvalue weighted by Gasteiger charge is -2.17. The number of hydrogen-bond donors (Lipinski definition) is 2. The van der Waals surface area contributed by atoms with Crippen molar-refractivity contribution in [3.05, 3.63) is 53.6 Å². The zero-order valence-corrected chi connectivity index (χ0v) is 19.2. The van der Waals surface area contributed by atoms with E-state index in [9.17, 15) is 18.0 Å². The Morgan fingerprint density at radius 2 is 1.75 bits per heavy atom. The fourth-order valence-corrected chi connectivity index (χ4v) is 5.10. The molecule has 0 aliphatic carbocycles. The van der Waals surface area contributed by atoms with Crippen LogP contribution >= 0.6 is 0 Å². The molecule has 9 heteroatoms. The highest BCUT2D eigenvalue weighted by molar-refractivity contribution is 7.89. The van der Waals surface area contributed by atoms with Crippen molar-refractivity contribution in [3.8, 4) is 5.75 Å². The van der Waals surface area contributed by atoms with E-state index in [0.717, 1.165) is 25.7 Å². The van der Waals surface area contributed by atoms with Crippen molar-refractivity contribution in [1.82, 2.24) is 9.62 Å². The summed E-state index contributed by atoms with van der Waals surface area (Å²) in [6, 6.07) is 10.9. The zero-order chi connectivity index (χ0) is 23.1. The number of sulfonamides is 1. The Hall–Kier alpha value is -2.91. The highest BCUT2D eigenvalue weighted by Gasteiger charge is 2.29. The van der Waals surface area contributed by atoms with Crippen LogP contribution < -0.4 is 15.4 Å². The molecule has 1 fully saturated rings. The monoisotopic (exact) mass is 459 g/mol. The maximum atomic E-state index is 13.1. The van der Waals surface area contributed by atoms with Gasteiger partial charge < -0.3 is 15.4 Å². The number of nitrogens with zero attached hydrogens (tertiary/aromatic N) is 1. The summed E-state index contributed by atoms with van der Waals surface area (Å²) in [6.07, 6.45) is 3.45. The summed E-state index contributed by atoms with van der Waals surface area (Å²) in [6.45, 7) is 3.51. The van der Waals surface area contributed by atoms with Crippen LogP contribution in [-0.4, -0.2) is 51.3 Å². The molecule has 3 rings (SSSR count). The van der Waals surface area contributed by atoms with Gasteiger partial charge in [-0.15, -0.1) is 0 Å². The maximum absolute atomic E-state index is 13.1. The van der Waals surface area contributed by atoms with Crippen molar-refractivity contribution in [2.75, 3.05) is 32.1 Å². The number of methoxy groups -OCH3 is 1. The lowest BCUT2D eigenvalue weighted by molar-refractivity contribution is 0.0954. The van der Waals surface area contributed by atoms with Gasteiger partial charge in [0.1, 0.15) is 5.75 Å². The van der Waals surface area contributed by atoms with E-state index in [1.54, 1.807) is 24.3 Å². The van der Waals surface area contributed by atoms with E-state index >= 15 is 0 Å². The summed E-state index contributed by atoms with van der Waals surface area (Å²) in [4.78, 5) is 25.7. The van der Waals surface area contributed by atoms with Crippen LogP contribution in [0.2, 0.25) is 0 Å². The van der Waals surface area contributed by atoms with E-state index in [-0.39, 0.29) is 22.1 Å². The molecule has 2 aromatic rings. The van der Waals surface area contributed by atoms with Crippen molar-refractivity contribution in [2.45, 2.75) is 37.5 Å². The molecule has 1 heterocycles. The summed E-state index contributed by atoms with van der Waals surface area (Å²) >= 11 is 0. The molecule has 0 atom stereocenters. The Morgan fingerprint density at radius 3 is 2.44 bits per heavy atom. The Bertz CT molecular complexity index is 1080. The molecule has 8 nitrogen and oxygen atoms in total. The van der Waals surface area contributed by atoms with Gasteiger partial charge in [-0.1, -0.05) is 25.5 Å². The van der Waals surface area contributed by atoms with E-state index in [0.29, 0.717) is 30.9 Å². The first-order chi connectivity index (χ1) is 15.4. The van der Waals surface area contributed by atoms with Gasteiger partial charge in [-0.2, -0.15) is 4.31 Å². The molecule has 0 radical (unpaired) electrons. The molecule has 2 aromatic carbocycles. The van der Waals surface area contributed by atoms with Gasteiger partial charge in [0.25, 0.3) is 11.8 Å². The normalized spacial score (nSPS) is 14.2. The molecule has 1 saturated heterocycles. The standard InChI is InChI=1S/C23H29N3O5S/c1-3-4-13-24-22(27)18-9-5-6-10-20(18)25-23(28)19-16-17(11-12-21(19)31-2)32(29,30)26-14-7-8-15-26/h5-6,9-12,16H,3-4,7-8,13-15H2,1-2H3,(H,24,27)(H,25,28). The maximum Gasteiger partial charge on any atom is 0.259 e. The lowest BCUT2D eigenvalue weighted by atomic mass is 10.1. The minimum absolute atomic E-state index is 0.0379. The highest BCUT2D eigenvalue weighted by Crippen LogP contribution is 2.27. The van der Waals surface area contributed by atoms with Crippen molar-refractivity contribution in [2.24, 2.45) is 0 Å². The molecule has 32 heavy (non-hydrogen) atoms. The number of amides is 2. The van der Waals surface area contributed by atoms with Gasteiger partial charge in [0, 0.05) is 19.6 Å². The molecule has 0 saturated carbocycles. The van der Waals surface area contributed by atoms with Gasteiger partial charge in [0.15, 0.2) is 0 Å². The molecule has 1 aliphatic heterocycles. The molecule has 0 spiro atoms. The number of benzene rings is 2. The smallest absolute Gasteiger partial charge is 0.259 e. The van der Waals surface area contributed by atoms with Crippen LogP contribution in [0.5, 0.6) is 5.75 Å². The largest absolute Gasteiger partial charge is 0.496 e. The van der Waals surface area contributed by atoms with Crippen LogP contribution in [-0.2, 0) is 10.0 Å². The number of carbonyl (C=O) groups is 2. The Morgan fingerprint density at radius 1 is 1.03 bits per heavy atom. The first-order valence-electron chi connectivity index (χ1n) is 10.7. The van der Waals surface area contributed by atoms with Gasteiger partial charge in [0.2, 0.25) is 10.0 Å². The van der Waals surface area contributed by atoms with Crippen LogP contribution in [0.25, 0.3) is 0 Å². The molecule has 0 aromatic heterocycles. The molecular formula is C23H29N3O5S. The number of unbranched alkanes of at least 4 members (excludes halogenated alkanes) is 1. The van der Waals surface area contributed by atoms with Crippen molar-refractivity contribution in [1.29, 1.82) is 0 Å². The van der Waals surface area contributed by atoms with E-state index < -0.39 is 15.9 Å².